The summed E-state index contributed by atoms with van der Waals surface area (Å²) in [5.74, 6) is 1.92. The standard InChI is InChI=1S/C25H33F3/c1-3-18(2)4-5-19-6-8-20(9-7-19)21-10-12-22(13-11-21)23-14-16-24(17-15-23)25(26,27)28/h8,14-17,19,21-22H,2-7,9-13H2,1H3. The van der Waals surface area contributed by atoms with Crippen molar-refractivity contribution in [3.8, 4) is 0 Å². The second-order valence-corrected chi connectivity index (χ2v) is 8.73. The van der Waals surface area contributed by atoms with Crippen LogP contribution in [0.3, 0.4) is 0 Å². The molecule has 0 saturated heterocycles. The molecule has 0 amide bonds. The van der Waals surface area contributed by atoms with Crippen molar-refractivity contribution in [3.63, 3.8) is 0 Å². The topological polar surface area (TPSA) is 0 Å². The van der Waals surface area contributed by atoms with Crippen LogP contribution < -0.4 is 0 Å². The van der Waals surface area contributed by atoms with E-state index in [1.165, 1.54) is 62.7 Å². The number of benzene rings is 1. The minimum atomic E-state index is -4.24. The highest BCUT2D eigenvalue weighted by atomic mass is 19.4. The molecule has 2 aliphatic rings. The van der Waals surface area contributed by atoms with Crippen molar-refractivity contribution in [3.05, 3.63) is 59.2 Å². The van der Waals surface area contributed by atoms with Crippen LogP contribution in [-0.4, -0.2) is 0 Å². The number of halogens is 3. The number of hydrogen-bond donors (Lipinski definition) is 0. The Labute approximate surface area is 167 Å². The maximum absolute atomic E-state index is 12.7. The molecular weight excluding hydrogens is 357 g/mol. The van der Waals surface area contributed by atoms with Gasteiger partial charge in [0.05, 0.1) is 5.56 Å². The van der Waals surface area contributed by atoms with E-state index in [4.69, 9.17) is 0 Å². The van der Waals surface area contributed by atoms with E-state index in [0.717, 1.165) is 30.7 Å². The van der Waals surface area contributed by atoms with Crippen LogP contribution in [0.4, 0.5) is 13.2 Å². The van der Waals surface area contributed by atoms with Crippen LogP contribution in [0.25, 0.3) is 0 Å². The average Bonchev–Trinajstić information content (AvgIpc) is 2.72. The summed E-state index contributed by atoms with van der Waals surface area (Å²) in [6.45, 7) is 6.31. The van der Waals surface area contributed by atoms with Gasteiger partial charge in [-0.3, -0.25) is 0 Å². The third kappa shape index (κ3) is 5.52. The third-order valence-electron chi connectivity index (χ3n) is 6.92. The molecule has 1 atom stereocenters. The van der Waals surface area contributed by atoms with Crippen molar-refractivity contribution in [1.29, 1.82) is 0 Å². The number of hydrogen-bond acceptors (Lipinski definition) is 0. The molecule has 0 heterocycles. The fourth-order valence-corrected chi connectivity index (χ4v) is 4.87. The van der Waals surface area contributed by atoms with E-state index in [0.29, 0.717) is 11.8 Å². The van der Waals surface area contributed by atoms with Gasteiger partial charge in [0.15, 0.2) is 0 Å². The van der Waals surface area contributed by atoms with Gasteiger partial charge in [0, 0.05) is 0 Å². The molecule has 3 rings (SSSR count). The van der Waals surface area contributed by atoms with Crippen LogP contribution in [-0.2, 0) is 6.18 Å². The van der Waals surface area contributed by atoms with Crippen molar-refractivity contribution in [2.24, 2.45) is 11.8 Å². The molecule has 154 valence electrons. The Bertz CT molecular complexity index is 673. The van der Waals surface area contributed by atoms with E-state index in [1.54, 1.807) is 17.7 Å². The Kier molecular flexibility index (Phi) is 7.06. The summed E-state index contributed by atoms with van der Waals surface area (Å²) < 4.78 is 38.2. The van der Waals surface area contributed by atoms with Gasteiger partial charge in [0.1, 0.15) is 0 Å². The van der Waals surface area contributed by atoms with E-state index in [2.05, 4.69) is 19.6 Å². The van der Waals surface area contributed by atoms with Gasteiger partial charge in [-0.05, 0) is 99.7 Å². The predicted octanol–water partition coefficient (Wildman–Crippen LogP) is 8.45. The zero-order valence-electron chi connectivity index (χ0n) is 17.0. The largest absolute Gasteiger partial charge is 0.416 e. The first-order chi connectivity index (χ1) is 13.4. The molecule has 3 heteroatoms. The molecule has 0 N–H and O–H groups in total. The van der Waals surface area contributed by atoms with Gasteiger partial charge in [0.25, 0.3) is 0 Å². The molecule has 1 saturated carbocycles. The third-order valence-corrected chi connectivity index (χ3v) is 6.92. The summed E-state index contributed by atoms with van der Waals surface area (Å²) in [5, 5.41) is 0. The van der Waals surface area contributed by atoms with Crippen molar-refractivity contribution in [2.75, 3.05) is 0 Å². The van der Waals surface area contributed by atoms with Crippen LogP contribution in [0, 0.1) is 11.8 Å². The molecule has 0 bridgehead atoms. The molecule has 1 aromatic rings. The first kappa shape index (κ1) is 21.2. The van der Waals surface area contributed by atoms with Gasteiger partial charge in [0.2, 0.25) is 0 Å². The molecule has 1 unspecified atom stereocenters. The number of rotatable bonds is 6. The monoisotopic (exact) mass is 390 g/mol. The van der Waals surface area contributed by atoms with Crippen LogP contribution in [0.1, 0.15) is 88.2 Å². The van der Waals surface area contributed by atoms with Crippen molar-refractivity contribution >= 4 is 0 Å². The smallest absolute Gasteiger partial charge is 0.166 e. The average molecular weight is 391 g/mol. The fraction of sp³-hybridized carbons (Fsp3) is 0.600. The summed E-state index contributed by atoms with van der Waals surface area (Å²) in [6, 6.07) is 5.84. The van der Waals surface area contributed by atoms with Crippen molar-refractivity contribution in [2.45, 2.75) is 83.2 Å². The van der Waals surface area contributed by atoms with E-state index < -0.39 is 11.7 Å². The summed E-state index contributed by atoms with van der Waals surface area (Å²) in [5.41, 5.74) is 3.54. The zero-order chi connectivity index (χ0) is 20.1. The zero-order valence-corrected chi connectivity index (χ0v) is 17.0. The molecule has 1 fully saturated rings. The van der Waals surface area contributed by atoms with Gasteiger partial charge in [-0.2, -0.15) is 13.2 Å². The van der Waals surface area contributed by atoms with Gasteiger partial charge >= 0.3 is 6.18 Å². The van der Waals surface area contributed by atoms with Crippen molar-refractivity contribution < 1.29 is 13.2 Å². The Hall–Kier alpha value is -1.51. The lowest BCUT2D eigenvalue weighted by atomic mass is 9.72. The quantitative estimate of drug-likeness (QED) is 0.427. The Morgan fingerprint density at radius 1 is 1.00 bits per heavy atom. The van der Waals surface area contributed by atoms with Crippen LogP contribution in [0.15, 0.2) is 48.1 Å². The Morgan fingerprint density at radius 2 is 1.64 bits per heavy atom. The molecule has 0 radical (unpaired) electrons. The lowest BCUT2D eigenvalue weighted by Gasteiger charge is -2.33. The van der Waals surface area contributed by atoms with E-state index >= 15 is 0 Å². The molecule has 0 aliphatic heterocycles. The summed E-state index contributed by atoms with van der Waals surface area (Å²) in [6.07, 6.45) is 10.1. The minimum absolute atomic E-state index is 0.413. The van der Waals surface area contributed by atoms with E-state index in [-0.39, 0.29) is 0 Å². The molecule has 28 heavy (non-hydrogen) atoms. The van der Waals surface area contributed by atoms with Crippen molar-refractivity contribution in [1.82, 2.24) is 0 Å². The SMILES string of the molecule is C=C(CC)CCC1CC=C(C2CCC(c3ccc(C(F)(F)F)cc3)CC2)CC1. The highest BCUT2D eigenvalue weighted by Gasteiger charge is 2.31. The molecule has 0 nitrogen and oxygen atoms in total. The van der Waals surface area contributed by atoms with Gasteiger partial charge in [-0.25, -0.2) is 0 Å². The van der Waals surface area contributed by atoms with E-state index in [9.17, 15) is 13.2 Å². The normalized spacial score (nSPS) is 26.0. The minimum Gasteiger partial charge on any atom is -0.166 e. The highest BCUT2D eigenvalue weighted by molar-refractivity contribution is 5.28. The van der Waals surface area contributed by atoms with Crippen LogP contribution in [0.2, 0.25) is 0 Å². The highest BCUT2D eigenvalue weighted by Crippen LogP contribution is 2.42. The lowest BCUT2D eigenvalue weighted by Crippen LogP contribution is -2.18. The molecule has 0 aromatic heterocycles. The van der Waals surface area contributed by atoms with Gasteiger partial charge < -0.3 is 0 Å². The second-order valence-electron chi connectivity index (χ2n) is 8.73. The maximum atomic E-state index is 12.7. The molecular formula is C25H33F3. The maximum Gasteiger partial charge on any atom is 0.416 e. The first-order valence-electron chi connectivity index (χ1n) is 10.9. The molecule has 2 aliphatic carbocycles. The lowest BCUT2D eigenvalue weighted by molar-refractivity contribution is -0.137. The Balaban J connectivity index is 1.48. The van der Waals surface area contributed by atoms with Crippen LogP contribution >= 0.6 is 0 Å². The number of alkyl halides is 3. The van der Waals surface area contributed by atoms with Gasteiger partial charge in [-0.15, -0.1) is 0 Å². The predicted molar refractivity (Wildman–Crippen MR) is 110 cm³/mol. The summed E-state index contributed by atoms with van der Waals surface area (Å²) >= 11 is 0. The molecule has 0 spiro atoms. The first-order valence-corrected chi connectivity index (χ1v) is 10.9. The fourth-order valence-electron chi connectivity index (χ4n) is 4.87. The van der Waals surface area contributed by atoms with Crippen LogP contribution in [0.5, 0.6) is 0 Å². The summed E-state index contributed by atoms with van der Waals surface area (Å²) in [7, 11) is 0. The number of allylic oxidation sites excluding steroid dienone is 3. The second kappa shape index (κ2) is 9.33. The molecule has 1 aromatic carbocycles. The Morgan fingerprint density at radius 3 is 2.18 bits per heavy atom. The summed E-state index contributed by atoms with van der Waals surface area (Å²) in [4.78, 5) is 0. The van der Waals surface area contributed by atoms with E-state index in [1.807, 2.05) is 0 Å². The van der Waals surface area contributed by atoms with Gasteiger partial charge in [-0.1, -0.05) is 42.9 Å².